The van der Waals surface area contributed by atoms with Crippen molar-refractivity contribution >= 4 is 11.6 Å². The minimum atomic E-state index is -0.583. The summed E-state index contributed by atoms with van der Waals surface area (Å²) in [6.07, 6.45) is 5.46. The van der Waals surface area contributed by atoms with Crippen LogP contribution in [-0.2, 0) is 4.79 Å². The van der Waals surface area contributed by atoms with Crippen LogP contribution in [0.15, 0.2) is 18.2 Å². The van der Waals surface area contributed by atoms with E-state index in [1.165, 1.54) is 12.1 Å². The molecule has 142 valence electrons. The Bertz CT molecular complexity index is 690. The molecule has 1 aliphatic carbocycles. The molecule has 26 heavy (non-hydrogen) atoms. The molecule has 1 amide bonds. The number of piperidine rings is 1. The molecule has 0 unspecified atom stereocenters. The molecule has 0 radical (unpaired) electrons. The van der Waals surface area contributed by atoms with Gasteiger partial charge in [0.25, 0.3) is 0 Å². The van der Waals surface area contributed by atoms with Crippen LogP contribution >= 0.6 is 0 Å². The Morgan fingerprint density at radius 3 is 2.58 bits per heavy atom. The van der Waals surface area contributed by atoms with Crippen molar-refractivity contribution in [1.82, 2.24) is 4.90 Å². The number of aliphatic hydroxyl groups excluding tert-OH is 1. The Balaban J connectivity index is 1.50. The molecule has 3 aliphatic rings. The Labute approximate surface area is 152 Å². The van der Waals surface area contributed by atoms with E-state index in [0.717, 1.165) is 57.6 Å². The van der Waals surface area contributed by atoms with Gasteiger partial charge in [0.1, 0.15) is 11.6 Å². The number of benzene rings is 1. The van der Waals surface area contributed by atoms with Crippen LogP contribution in [0.2, 0.25) is 0 Å². The minimum Gasteiger partial charge on any atom is -0.393 e. The third kappa shape index (κ3) is 3.08. The zero-order valence-electron chi connectivity index (χ0n) is 15.0. The number of nitrogens with zero attached hydrogens (tertiary/aromatic N) is 2. The van der Waals surface area contributed by atoms with Gasteiger partial charge in [-0.05, 0) is 57.1 Å². The SMILES string of the molecule is O=C1N(C2CCC(O)CC2)CC[C@@]12CCCN(c1ccc(F)cc1F)C2. The molecular weight excluding hydrogens is 338 g/mol. The first kappa shape index (κ1) is 17.7. The molecule has 1 spiro atoms. The fourth-order valence-corrected chi connectivity index (χ4v) is 5.02. The molecule has 1 aromatic rings. The second-order valence-corrected chi connectivity index (χ2v) is 8.11. The van der Waals surface area contributed by atoms with Crippen molar-refractivity contribution in [3.8, 4) is 0 Å². The van der Waals surface area contributed by atoms with E-state index in [4.69, 9.17) is 0 Å². The molecule has 6 heteroatoms. The van der Waals surface area contributed by atoms with Gasteiger partial charge in [0.15, 0.2) is 0 Å². The van der Waals surface area contributed by atoms with Gasteiger partial charge in [0.05, 0.1) is 17.2 Å². The molecule has 2 saturated heterocycles. The number of amides is 1. The number of hydrogen-bond acceptors (Lipinski definition) is 3. The molecule has 1 N–H and O–H groups in total. The van der Waals surface area contributed by atoms with E-state index in [1.54, 1.807) is 0 Å². The first-order chi connectivity index (χ1) is 12.5. The van der Waals surface area contributed by atoms with E-state index in [9.17, 15) is 18.7 Å². The van der Waals surface area contributed by atoms with Crippen molar-refractivity contribution < 1.29 is 18.7 Å². The fraction of sp³-hybridized carbons (Fsp3) is 0.650. The molecule has 3 fully saturated rings. The van der Waals surface area contributed by atoms with Crippen LogP contribution in [0.5, 0.6) is 0 Å². The van der Waals surface area contributed by atoms with Crippen LogP contribution in [0.25, 0.3) is 0 Å². The maximum absolute atomic E-state index is 14.2. The molecule has 1 saturated carbocycles. The predicted octanol–water partition coefficient (Wildman–Crippen LogP) is 3.09. The Hall–Kier alpha value is -1.69. The largest absolute Gasteiger partial charge is 0.393 e. The highest BCUT2D eigenvalue weighted by molar-refractivity contribution is 5.86. The number of carbonyl (C=O) groups excluding carboxylic acids is 1. The molecule has 1 aromatic carbocycles. The Kier molecular flexibility index (Phi) is 4.63. The normalized spacial score (nSPS) is 32.5. The lowest BCUT2D eigenvalue weighted by Gasteiger charge is -2.41. The van der Waals surface area contributed by atoms with E-state index < -0.39 is 17.0 Å². The van der Waals surface area contributed by atoms with Crippen molar-refractivity contribution in [1.29, 1.82) is 0 Å². The number of halogens is 2. The van der Waals surface area contributed by atoms with Crippen LogP contribution in [-0.4, -0.2) is 47.7 Å². The van der Waals surface area contributed by atoms with Gasteiger partial charge in [-0.1, -0.05) is 0 Å². The van der Waals surface area contributed by atoms with Gasteiger partial charge in [0.2, 0.25) is 5.91 Å². The summed E-state index contributed by atoms with van der Waals surface area (Å²) in [6, 6.07) is 3.88. The lowest BCUT2D eigenvalue weighted by Crippen LogP contribution is -2.50. The summed E-state index contributed by atoms with van der Waals surface area (Å²) in [5.74, 6) is -0.961. The van der Waals surface area contributed by atoms with Crippen LogP contribution in [0, 0.1) is 17.0 Å². The number of carbonyl (C=O) groups is 1. The molecule has 2 aliphatic heterocycles. The van der Waals surface area contributed by atoms with Crippen molar-refractivity contribution in [2.24, 2.45) is 5.41 Å². The molecule has 2 heterocycles. The van der Waals surface area contributed by atoms with E-state index in [-0.39, 0.29) is 18.1 Å². The average molecular weight is 364 g/mol. The minimum absolute atomic E-state index is 0.186. The van der Waals surface area contributed by atoms with Gasteiger partial charge in [-0.2, -0.15) is 0 Å². The number of aliphatic hydroxyl groups is 1. The van der Waals surface area contributed by atoms with Gasteiger partial charge >= 0.3 is 0 Å². The monoisotopic (exact) mass is 364 g/mol. The number of anilines is 1. The lowest BCUT2D eigenvalue weighted by atomic mass is 9.78. The van der Waals surface area contributed by atoms with Crippen LogP contribution in [0.4, 0.5) is 14.5 Å². The zero-order chi connectivity index (χ0) is 18.3. The van der Waals surface area contributed by atoms with Gasteiger partial charge < -0.3 is 14.9 Å². The third-order valence-corrected chi connectivity index (χ3v) is 6.48. The quantitative estimate of drug-likeness (QED) is 0.877. The molecule has 0 aromatic heterocycles. The standard InChI is InChI=1S/C20H26F2N2O2/c21-14-2-7-18(17(22)12-14)23-10-1-8-20(13-23)9-11-24(19(20)26)15-3-5-16(25)6-4-15/h2,7,12,15-16,25H,1,3-6,8-11,13H2/t15?,16?,20-/m1/s1. The molecular formula is C20H26F2N2O2. The summed E-state index contributed by atoms with van der Waals surface area (Å²) in [4.78, 5) is 17.2. The van der Waals surface area contributed by atoms with Gasteiger partial charge in [-0.15, -0.1) is 0 Å². The number of hydrogen-bond donors (Lipinski definition) is 1. The molecule has 4 nitrogen and oxygen atoms in total. The summed E-state index contributed by atoms with van der Waals surface area (Å²) in [6.45, 7) is 1.94. The Morgan fingerprint density at radius 2 is 1.85 bits per heavy atom. The Morgan fingerprint density at radius 1 is 1.08 bits per heavy atom. The fourth-order valence-electron chi connectivity index (χ4n) is 5.02. The summed E-state index contributed by atoms with van der Waals surface area (Å²) in [5, 5.41) is 9.71. The van der Waals surface area contributed by atoms with Crippen molar-refractivity contribution in [2.45, 2.75) is 57.1 Å². The van der Waals surface area contributed by atoms with E-state index in [1.807, 2.05) is 9.80 Å². The number of likely N-dealkylation sites (tertiary alicyclic amines) is 1. The third-order valence-electron chi connectivity index (χ3n) is 6.48. The number of rotatable bonds is 2. The van der Waals surface area contributed by atoms with E-state index in [2.05, 4.69) is 0 Å². The van der Waals surface area contributed by atoms with Gasteiger partial charge in [0, 0.05) is 31.7 Å². The summed E-state index contributed by atoms with van der Waals surface area (Å²) in [5.41, 5.74) is -0.0627. The van der Waals surface area contributed by atoms with E-state index in [0.29, 0.717) is 18.8 Å². The van der Waals surface area contributed by atoms with Crippen LogP contribution in [0.3, 0.4) is 0 Å². The highest BCUT2D eigenvalue weighted by atomic mass is 19.1. The van der Waals surface area contributed by atoms with Gasteiger partial charge in [-0.25, -0.2) is 8.78 Å². The lowest BCUT2D eigenvalue weighted by molar-refractivity contribution is -0.139. The van der Waals surface area contributed by atoms with Crippen molar-refractivity contribution in [3.63, 3.8) is 0 Å². The smallest absolute Gasteiger partial charge is 0.230 e. The summed E-state index contributed by atoms with van der Waals surface area (Å²) >= 11 is 0. The van der Waals surface area contributed by atoms with Crippen LogP contribution in [0.1, 0.15) is 44.9 Å². The highest BCUT2D eigenvalue weighted by Gasteiger charge is 2.50. The maximum Gasteiger partial charge on any atom is 0.230 e. The highest BCUT2D eigenvalue weighted by Crippen LogP contribution is 2.43. The molecule has 4 rings (SSSR count). The summed E-state index contributed by atoms with van der Waals surface area (Å²) < 4.78 is 27.4. The van der Waals surface area contributed by atoms with Crippen molar-refractivity contribution in [2.75, 3.05) is 24.5 Å². The molecule has 1 atom stereocenters. The first-order valence-electron chi connectivity index (χ1n) is 9.68. The predicted molar refractivity (Wildman–Crippen MR) is 94.8 cm³/mol. The topological polar surface area (TPSA) is 43.8 Å². The molecule has 0 bridgehead atoms. The zero-order valence-corrected chi connectivity index (χ0v) is 15.0. The second-order valence-electron chi connectivity index (χ2n) is 8.11. The van der Waals surface area contributed by atoms with Gasteiger partial charge in [-0.3, -0.25) is 4.79 Å². The maximum atomic E-state index is 14.2. The average Bonchev–Trinajstić information content (AvgIpc) is 2.92. The second kappa shape index (κ2) is 6.80. The van der Waals surface area contributed by atoms with E-state index >= 15 is 0 Å². The van der Waals surface area contributed by atoms with Crippen LogP contribution < -0.4 is 4.90 Å². The first-order valence-corrected chi connectivity index (χ1v) is 9.68. The van der Waals surface area contributed by atoms with Crippen molar-refractivity contribution in [3.05, 3.63) is 29.8 Å². The summed E-state index contributed by atoms with van der Waals surface area (Å²) in [7, 11) is 0.